The summed E-state index contributed by atoms with van der Waals surface area (Å²) < 4.78 is 29.8. The van der Waals surface area contributed by atoms with Crippen LogP contribution in [0.3, 0.4) is 0 Å². The summed E-state index contributed by atoms with van der Waals surface area (Å²) in [5, 5.41) is 40.2. The lowest BCUT2D eigenvalue weighted by atomic mass is 9.44. The Morgan fingerprint density at radius 2 is 1.58 bits per heavy atom. The molecular formula is C43H53NO13. The molecule has 0 radical (unpaired) electrons. The molecule has 57 heavy (non-hydrogen) atoms. The second kappa shape index (κ2) is 14.9. The van der Waals surface area contributed by atoms with Gasteiger partial charge in [-0.25, -0.2) is 9.59 Å². The van der Waals surface area contributed by atoms with Gasteiger partial charge in [-0.3, -0.25) is 14.4 Å². The monoisotopic (exact) mass is 791 g/mol. The zero-order chi connectivity index (χ0) is 41.9. The maximum Gasteiger partial charge on any atom is 0.408 e. The lowest BCUT2D eigenvalue weighted by molar-refractivity contribution is -0.345. The van der Waals surface area contributed by atoms with Crippen molar-refractivity contribution in [1.82, 2.24) is 5.32 Å². The number of aliphatic hydroxyl groups excluding tert-OH is 2. The van der Waals surface area contributed by atoms with Crippen LogP contribution in [0.5, 0.6) is 0 Å². The van der Waals surface area contributed by atoms with Gasteiger partial charge in [0.1, 0.15) is 35.6 Å². The fraction of sp³-hybridized carbons (Fsp3) is 0.558. The van der Waals surface area contributed by atoms with Crippen molar-refractivity contribution in [2.24, 2.45) is 16.7 Å². The quantitative estimate of drug-likeness (QED) is 0.168. The minimum absolute atomic E-state index is 0.0201. The van der Waals surface area contributed by atoms with E-state index in [0.29, 0.717) is 5.56 Å². The van der Waals surface area contributed by atoms with Crippen molar-refractivity contribution >= 4 is 29.8 Å². The second-order valence-corrected chi connectivity index (χ2v) is 17.5. The van der Waals surface area contributed by atoms with Crippen molar-refractivity contribution in [3.8, 4) is 0 Å². The molecule has 4 N–H and O–H groups in total. The van der Waals surface area contributed by atoms with Crippen molar-refractivity contribution < 1.29 is 63.0 Å². The Hall–Kier alpha value is -4.63. The molecule has 4 aliphatic rings. The minimum Gasteiger partial charge on any atom is -0.458 e. The normalized spacial score (nSPS) is 33.5. The highest BCUT2D eigenvalue weighted by molar-refractivity contribution is 5.94. The summed E-state index contributed by atoms with van der Waals surface area (Å²) in [6.07, 6.45) is -9.11. The van der Waals surface area contributed by atoms with Crippen LogP contribution in [0.2, 0.25) is 0 Å². The first-order valence-corrected chi connectivity index (χ1v) is 19.2. The largest absolute Gasteiger partial charge is 0.458 e. The summed E-state index contributed by atoms with van der Waals surface area (Å²) in [6.45, 7) is 12.2. The van der Waals surface area contributed by atoms with Crippen LogP contribution in [0, 0.1) is 16.7 Å². The van der Waals surface area contributed by atoms with Gasteiger partial charge in [-0.15, -0.1) is 0 Å². The van der Waals surface area contributed by atoms with E-state index in [9.17, 15) is 39.3 Å². The van der Waals surface area contributed by atoms with Gasteiger partial charge in [-0.2, -0.15) is 0 Å². The molecule has 14 heteroatoms. The highest BCUT2D eigenvalue weighted by atomic mass is 16.6. The smallest absolute Gasteiger partial charge is 0.408 e. The number of alkyl carbamates (subject to hydrolysis) is 1. The molecule has 2 aromatic rings. The summed E-state index contributed by atoms with van der Waals surface area (Å²) in [6, 6.07) is 15.8. The number of esters is 3. The SMILES string of the molecule is CC(=O)O[C@@]12CO[C@@H]1C[C@H](O)[C@@]1(C)C(=O)[C@H](O)C3=C(C)[C@@H](OC(=O)C[C@@H](NC(=O)OC(C)(C)C)c4ccccc4)C[C@@](O)([C@@H](OC(=O)c4ccccc4)[C@H]21)C3(C)C. The number of hydrogen-bond donors (Lipinski definition) is 4. The van der Waals surface area contributed by atoms with Crippen LogP contribution in [0.15, 0.2) is 71.8 Å². The van der Waals surface area contributed by atoms with E-state index in [2.05, 4.69) is 5.32 Å². The van der Waals surface area contributed by atoms with Gasteiger partial charge in [0.25, 0.3) is 0 Å². The van der Waals surface area contributed by atoms with Gasteiger partial charge < -0.3 is 44.3 Å². The summed E-state index contributed by atoms with van der Waals surface area (Å²) in [5.74, 6) is -4.75. The van der Waals surface area contributed by atoms with Gasteiger partial charge in [0.05, 0.1) is 42.1 Å². The molecule has 2 saturated carbocycles. The summed E-state index contributed by atoms with van der Waals surface area (Å²) >= 11 is 0. The predicted octanol–water partition coefficient (Wildman–Crippen LogP) is 4.29. The highest BCUT2D eigenvalue weighted by Crippen LogP contribution is 2.64. The molecule has 10 atom stereocenters. The molecule has 3 fully saturated rings. The van der Waals surface area contributed by atoms with Crippen LogP contribution < -0.4 is 5.32 Å². The number of carbonyl (C=O) groups excluding carboxylic acids is 5. The van der Waals surface area contributed by atoms with Crippen LogP contribution >= 0.6 is 0 Å². The number of benzene rings is 2. The molecule has 1 heterocycles. The number of amides is 1. The average Bonchev–Trinajstić information content (AvgIpc) is 3.12. The number of aliphatic hydroxyl groups is 3. The Bertz CT molecular complexity index is 1940. The van der Waals surface area contributed by atoms with E-state index in [4.69, 9.17) is 23.7 Å². The van der Waals surface area contributed by atoms with Gasteiger partial charge in [-0.05, 0) is 63.5 Å². The third kappa shape index (κ3) is 7.26. The van der Waals surface area contributed by atoms with E-state index < -0.39 is 106 Å². The number of carbonyl (C=O) groups is 5. The van der Waals surface area contributed by atoms with Crippen molar-refractivity contribution in [1.29, 1.82) is 0 Å². The number of nitrogens with one attached hydrogen (secondary N) is 1. The number of fused-ring (bicyclic) bond motifs is 5. The average molecular weight is 792 g/mol. The maximum atomic E-state index is 14.9. The topological polar surface area (TPSA) is 204 Å². The number of Topliss-reactive ketones (excluding diaryl/α,β-unsaturated/α-hetero) is 1. The van der Waals surface area contributed by atoms with E-state index in [1.165, 1.54) is 26.0 Å². The molecule has 1 aliphatic heterocycles. The van der Waals surface area contributed by atoms with Crippen molar-refractivity contribution in [3.05, 3.63) is 82.9 Å². The first-order valence-electron chi connectivity index (χ1n) is 19.2. The minimum atomic E-state index is -2.26. The Morgan fingerprint density at radius 1 is 0.965 bits per heavy atom. The van der Waals surface area contributed by atoms with Crippen molar-refractivity contribution in [2.75, 3.05) is 6.61 Å². The van der Waals surface area contributed by atoms with Gasteiger partial charge in [0, 0.05) is 25.2 Å². The molecule has 0 spiro atoms. The Balaban J connectivity index is 1.47. The molecule has 0 unspecified atom stereocenters. The first-order chi connectivity index (χ1) is 26.6. The molecule has 308 valence electrons. The number of rotatable bonds is 8. The van der Waals surface area contributed by atoms with E-state index in [0.717, 1.165) is 0 Å². The van der Waals surface area contributed by atoms with Crippen LogP contribution in [0.4, 0.5) is 4.79 Å². The molecular weight excluding hydrogens is 738 g/mol. The molecule has 1 saturated heterocycles. The number of ketones is 1. The Morgan fingerprint density at radius 3 is 2.14 bits per heavy atom. The van der Waals surface area contributed by atoms with Gasteiger partial charge >= 0.3 is 24.0 Å². The van der Waals surface area contributed by atoms with E-state index >= 15 is 0 Å². The molecule has 2 bridgehead atoms. The molecule has 3 aliphatic carbocycles. The van der Waals surface area contributed by atoms with E-state index in [1.807, 2.05) is 0 Å². The fourth-order valence-electron chi connectivity index (χ4n) is 9.53. The number of hydrogen-bond acceptors (Lipinski definition) is 13. The standard InChI is InChI=1S/C43H53NO13/c1-23-28(54-31(47)19-27(25-15-11-9-12-16-25)44-38(51)57-39(3,4)5)21-43(52)36(55-37(50)26-17-13-10-14-18-26)34-41(8,35(49)33(48)32(23)40(43,6)7)29(46)20-30-42(34,22-53-30)56-24(2)45/h9-18,27-30,33-34,36,46,48,52H,19-22H2,1-8H3,(H,44,51)/t27-,28+,29+,30-,33-,34+,36+,41-,42+,43-/m1/s1. The fourth-order valence-corrected chi connectivity index (χ4v) is 9.53. The molecule has 14 nitrogen and oxygen atoms in total. The molecule has 0 aromatic heterocycles. The predicted molar refractivity (Wildman–Crippen MR) is 202 cm³/mol. The van der Waals surface area contributed by atoms with Crippen molar-refractivity contribution in [3.63, 3.8) is 0 Å². The molecule has 2 aromatic carbocycles. The lowest BCUT2D eigenvalue weighted by Crippen LogP contribution is -2.81. The summed E-state index contributed by atoms with van der Waals surface area (Å²) in [7, 11) is 0. The van der Waals surface area contributed by atoms with Crippen LogP contribution in [0.1, 0.15) is 96.6 Å². The van der Waals surface area contributed by atoms with Gasteiger partial charge in [0.2, 0.25) is 0 Å². The van der Waals surface area contributed by atoms with Crippen LogP contribution in [0.25, 0.3) is 0 Å². The molecule has 1 amide bonds. The van der Waals surface area contributed by atoms with Gasteiger partial charge in [0.15, 0.2) is 11.4 Å². The summed E-state index contributed by atoms with van der Waals surface area (Å²) in [4.78, 5) is 68.8. The molecule has 6 rings (SSSR count). The third-order valence-electron chi connectivity index (χ3n) is 12.5. The lowest BCUT2D eigenvalue weighted by Gasteiger charge is -2.67. The zero-order valence-corrected chi connectivity index (χ0v) is 33.6. The number of ether oxygens (including phenoxy) is 5. The van der Waals surface area contributed by atoms with Crippen LogP contribution in [-0.4, -0.2) is 99.0 Å². The van der Waals surface area contributed by atoms with Crippen LogP contribution in [-0.2, 0) is 38.1 Å². The highest BCUT2D eigenvalue weighted by Gasteiger charge is 2.78. The first kappa shape index (κ1) is 42.0. The third-order valence-corrected chi connectivity index (χ3v) is 12.5. The maximum absolute atomic E-state index is 14.9. The van der Waals surface area contributed by atoms with Gasteiger partial charge in [-0.1, -0.05) is 62.4 Å². The summed E-state index contributed by atoms with van der Waals surface area (Å²) in [5.41, 5.74) is -7.31. The van der Waals surface area contributed by atoms with E-state index in [1.54, 1.807) is 90.1 Å². The van der Waals surface area contributed by atoms with Crippen molar-refractivity contribution in [2.45, 2.75) is 128 Å². The zero-order valence-electron chi connectivity index (χ0n) is 33.6. The second-order valence-electron chi connectivity index (χ2n) is 17.5. The van der Waals surface area contributed by atoms with E-state index in [-0.39, 0.29) is 36.2 Å². The Kier molecular flexibility index (Phi) is 11.0. The Labute approximate surface area is 331 Å².